The third kappa shape index (κ3) is 2.82. The van der Waals surface area contributed by atoms with E-state index in [4.69, 9.17) is 0 Å². The van der Waals surface area contributed by atoms with Gasteiger partial charge in [-0.25, -0.2) is 13.8 Å². The molecule has 0 spiro atoms. The van der Waals surface area contributed by atoms with Crippen molar-refractivity contribution in [1.29, 1.82) is 0 Å². The maximum Gasteiger partial charge on any atom is 0.150 e. The number of benzene rings is 1. The number of halogens is 3. The van der Waals surface area contributed by atoms with Crippen LogP contribution in [0.3, 0.4) is 0 Å². The molecule has 0 aliphatic heterocycles. The summed E-state index contributed by atoms with van der Waals surface area (Å²) in [4.78, 5) is 6.97. The standard InChI is InChI=1S/C11H10BrF2N3/c1-6-15-4-8(17-6)5-16-11-9(13)2-7(12)3-10(11)14/h2-4,16H,5H2,1H3,(H,15,17). The van der Waals surface area contributed by atoms with Crippen LogP contribution in [0.1, 0.15) is 11.5 Å². The Hall–Kier alpha value is -1.43. The van der Waals surface area contributed by atoms with Crippen molar-refractivity contribution < 1.29 is 8.78 Å². The summed E-state index contributed by atoms with van der Waals surface area (Å²) in [6.45, 7) is 2.10. The number of hydrogen-bond acceptors (Lipinski definition) is 2. The zero-order valence-corrected chi connectivity index (χ0v) is 10.6. The fraction of sp³-hybridized carbons (Fsp3) is 0.182. The highest BCUT2D eigenvalue weighted by atomic mass is 79.9. The molecule has 90 valence electrons. The van der Waals surface area contributed by atoms with Gasteiger partial charge in [0, 0.05) is 4.47 Å². The number of aromatic nitrogens is 2. The fourth-order valence-corrected chi connectivity index (χ4v) is 1.86. The summed E-state index contributed by atoms with van der Waals surface area (Å²) in [6, 6.07) is 2.42. The Morgan fingerprint density at radius 3 is 2.53 bits per heavy atom. The van der Waals surface area contributed by atoms with Crippen molar-refractivity contribution >= 4 is 21.6 Å². The van der Waals surface area contributed by atoms with E-state index in [0.29, 0.717) is 4.47 Å². The maximum absolute atomic E-state index is 13.5. The van der Waals surface area contributed by atoms with E-state index in [2.05, 4.69) is 31.2 Å². The highest BCUT2D eigenvalue weighted by molar-refractivity contribution is 9.10. The van der Waals surface area contributed by atoms with E-state index in [1.54, 1.807) is 6.20 Å². The topological polar surface area (TPSA) is 40.7 Å². The lowest BCUT2D eigenvalue weighted by Crippen LogP contribution is -2.04. The Kier molecular flexibility index (Phi) is 3.42. The van der Waals surface area contributed by atoms with Crippen molar-refractivity contribution in [3.63, 3.8) is 0 Å². The van der Waals surface area contributed by atoms with Crippen LogP contribution in [0.5, 0.6) is 0 Å². The number of aryl methyl sites for hydroxylation is 1. The highest BCUT2D eigenvalue weighted by Crippen LogP contribution is 2.24. The fourth-order valence-electron chi connectivity index (χ4n) is 1.46. The first-order valence-corrected chi connectivity index (χ1v) is 5.74. The van der Waals surface area contributed by atoms with E-state index >= 15 is 0 Å². The first kappa shape index (κ1) is 12.0. The van der Waals surface area contributed by atoms with Crippen LogP contribution in [-0.2, 0) is 6.54 Å². The summed E-state index contributed by atoms with van der Waals surface area (Å²) in [5, 5.41) is 2.70. The number of aromatic amines is 1. The molecule has 2 rings (SSSR count). The average Bonchev–Trinajstić information content (AvgIpc) is 2.62. The molecule has 1 aromatic heterocycles. The van der Waals surface area contributed by atoms with Crippen molar-refractivity contribution in [3.8, 4) is 0 Å². The molecular formula is C11H10BrF2N3. The van der Waals surface area contributed by atoms with Gasteiger partial charge in [-0.15, -0.1) is 0 Å². The predicted octanol–water partition coefficient (Wildman–Crippen LogP) is 3.37. The van der Waals surface area contributed by atoms with Crippen LogP contribution < -0.4 is 5.32 Å². The van der Waals surface area contributed by atoms with Crippen molar-refractivity contribution in [1.82, 2.24) is 9.97 Å². The first-order chi connectivity index (χ1) is 8.06. The summed E-state index contributed by atoms with van der Waals surface area (Å²) in [5.74, 6) is -0.500. The van der Waals surface area contributed by atoms with E-state index in [0.717, 1.165) is 11.5 Å². The van der Waals surface area contributed by atoms with Gasteiger partial charge in [0.2, 0.25) is 0 Å². The molecule has 3 nitrogen and oxygen atoms in total. The van der Waals surface area contributed by atoms with E-state index in [1.807, 2.05) is 6.92 Å². The quantitative estimate of drug-likeness (QED) is 0.912. The zero-order chi connectivity index (χ0) is 12.4. The molecular weight excluding hydrogens is 292 g/mol. The van der Waals surface area contributed by atoms with Gasteiger partial charge in [-0.3, -0.25) is 0 Å². The predicted molar refractivity (Wildman–Crippen MR) is 64.7 cm³/mol. The van der Waals surface area contributed by atoms with E-state index in [-0.39, 0.29) is 12.2 Å². The smallest absolute Gasteiger partial charge is 0.150 e. The van der Waals surface area contributed by atoms with Crippen LogP contribution in [0.25, 0.3) is 0 Å². The van der Waals surface area contributed by atoms with Gasteiger partial charge >= 0.3 is 0 Å². The second-order valence-corrected chi connectivity index (χ2v) is 4.51. The summed E-state index contributed by atoms with van der Waals surface area (Å²) in [7, 11) is 0. The molecule has 0 fully saturated rings. The van der Waals surface area contributed by atoms with E-state index in [9.17, 15) is 8.78 Å². The van der Waals surface area contributed by atoms with Gasteiger partial charge in [-0.1, -0.05) is 15.9 Å². The molecule has 0 saturated carbocycles. The maximum atomic E-state index is 13.5. The summed E-state index contributed by atoms with van der Waals surface area (Å²) in [5.41, 5.74) is 0.629. The normalized spacial score (nSPS) is 10.6. The molecule has 0 aliphatic carbocycles. The monoisotopic (exact) mass is 301 g/mol. The Balaban J connectivity index is 2.14. The molecule has 1 heterocycles. The first-order valence-electron chi connectivity index (χ1n) is 4.95. The number of imidazole rings is 1. The zero-order valence-electron chi connectivity index (χ0n) is 9.02. The molecule has 0 radical (unpaired) electrons. The Morgan fingerprint density at radius 1 is 1.35 bits per heavy atom. The van der Waals surface area contributed by atoms with Gasteiger partial charge in [0.1, 0.15) is 23.1 Å². The van der Waals surface area contributed by atoms with Crippen LogP contribution in [-0.4, -0.2) is 9.97 Å². The van der Waals surface area contributed by atoms with Crippen LogP contribution in [0, 0.1) is 18.6 Å². The highest BCUT2D eigenvalue weighted by Gasteiger charge is 2.10. The minimum atomic E-state index is -0.631. The number of H-pyrrole nitrogens is 1. The SMILES string of the molecule is Cc1ncc(CNc2c(F)cc(Br)cc2F)[nH]1. The third-order valence-electron chi connectivity index (χ3n) is 2.22. The molecule has 2 N–H and O–H groups in total. The minimum absolute atomic E-state index is 0.138. The summed E-state index contributed by atoms with van der Waals surface area (Å²) >= 11 is 3.02. The largest absolute Gasteiger partial charge is 0.375 e. The molecule has 2 aromatic rings. The molecule has 0 saturated heterocycles. The number of hydrogen-bond donors (Lipinski definition) is 2. The number of rotatable bonds is 3. The summed E-state index contributed by atoms with van der Waals surface area (Å²) in [6.07, 6.45) is 1.62. The van der Waals surface area contributed by atoms with Crippen LogP contribution in [0.4, 0.5) is 14.5 Å². The molecule has 17 heavy (non-hydrogen) atoms. The average molecular weight is 302 g/mol. The van der Waals surface area contributed by atoms with Gasteiger partial charge < -0.3 is 10.3 Å². The Bertz CT molecular complexity index is 516. The minimum Gasteiger partial charge on any atom is -0.375 e. The lowest BCUT2D eigenvalue weighted by atomic mass is 10.3. The van der Waals surface area contributed by atoms with E-state index in [1.165, 1.54) is 12.1 Å². The number of anilines is 1. The van der Waals surface area contributed by atoms with Gasteiger partial charge in [-0.2, -0.15) is 0 Å². The molecule has 0 bridgehead atoms. The van der Waals surface area contributed by atoms with Crippen molar-refractivity contribution in [2.45, 2.75) is 13.5 Å². The van der Waals surface area contributed by atoms with Gasteiger partial charge in [0.15, 0.2) is 0 Å². The van der Waals surface area contributed by atoms with Crippen molar-refractivity contribution in [2.24, 2.45) is 0 Å². The van der Waals surface area contributed by atoms with Gasteiger partial charge in [0.05, 0.1) is 18.4 Å². The second-order valence-electron chi connectivity index (χ2n) is 3.59. The second kappa shape index (κ2) is 4.83. The van der Waals surface area contributed by atoms with Crippen LogP contribution in [0.15, 0.2) is 22.8 Å². The third-order valence-corrected chi connectivity index (χ3v) is 2.68. The molecule has 0 atom stereocenters. The van der Waals surface area contributed by atoms with Crippen LogP contribution in [0.2, 0.25) is 0 Å². The molecule has 0 amide bonds. The summed E-state index contributed by atoms with van der Waals surface area (Å²) < 4.78 is 27.3. The van der Waals surface area contributed by atoms with Crippen molar-refractivity contribution in [3.05, 3.63) is 46.0 Å². The number of nitrogens with one attached hydrogen (secondary N) is 2. The van der Waals surface area contributed by atoms with Gasteiger partial charge in [-0.05, 0) is 19.1 Å². The Morgan fingerprint density at radius 2 is 2.00 bits per heavy atom. The number of nitrogens with zero attached hydrogens (tertiary/aromatic N) is 1. The lowest BCUT2D eigenvalue weighted by molar-refractivity contribution is 0.586. The molecule has 6 heteroatoms. The molecule has 1 aromatic carbocycles. The lowest BCUT2D eigenvalue weighted by Gasteiger charge is -2.08. The Labute approximate surface area is 105 Å². The molecule has 0 unspecified atom stereocenters. The van der Waals surface area contributed by atoms with Crippen LogP contribution >= 0.6 is 15.9 Å². The van der Waals surface area contributed by atoms with E-state index < -0.39 is 11.6 Å². The molecule has 0 aliphatic rings. The van der Waals surface area contributed by atoms with Gasteiger partial charge in [0.25, 0.3) is 0 Å². The van der Waals surface area contributed by atoms with Crippen molar-refractivity contribution in [2.75, 3.05) is 5.32 Å².